The van der Waals surface area contributed by atoms with Crippen LogP contribution >= 0.6 is 0 Å². The van der Waals surface area contributed by atoms with Crippen molar-refractivity contribution in [3.8, 4) is 22.3 Å². The number of benzene rings is 6. The van der Waals surface area contributed by atoms with Crippen LogP contribution in [0, 0.1) is 0 Å². The van der Waals surface area contributed by atoms with E-state index >= 15 is 0 Å². The Morgan fingerprint density at radius 1 is 0.571 bits per heavy atom. The van der Waals surface area contributed by atoms with Crippen molar-refractivity contribution >= 4 is 39.9 Å². The fourth-order valence-electron chi connectivity index (χ4n) is 5.50. The highest BCUT2D eigenvalue weighted by Gasteiger charge is 2.15. The first-order valence-corrected chi connectivity index (χ1v) is 15.5. The van der Waals surface area contributed by atoms with Crippen molar-refractivity contribution in [2.75, 3.05) is 24.8 Å². The largest absolute Gasteiger partial charge is 0.364 e. The highest BCUT2D eigenvalue weighted by atomic mass is 16.7. The quantitative estimate of drug-likeness (QED) is 0.0960. The first-order valence-electron chi connectivity index (χ1n) is 15.5. The molecule has 0 aromatic heterocycles. The number of carbonyl (C=O) groups excluding carboxylic acids is 3. The molecular formula is C40H33N3O6. The van der Waals surface area contributed by atoms with E-state index in [2.05, 4.69) is 10.6 Å². The van der Waals surface area contributed by atoms with Crippen LogP contribution in [-0.4, -0.2) is 47.2 Å². The number of hydroxylamine groups is 2. The fourth-order valence-corrected chi connectivity index (χ4v) is 5.50. The number of fused-ring (bicyclic) bond motifs is 1. The van der Waals surface area contributed by atoms with E-state index in [1.807, 2.05) is 72.8 Å². The molecule has 0 aliphatic carbocycles. The van der Waals surface area contributed by atoms with Crippen LogP contribution in [0.1, 0.15) is 42.9 Å². The minimum Gasteiger partial charge on any atom is -0.364 e. The van der Waals surface area contributed by atoms with Crippen molar-refractivity contribution in [3.63, 3.8) is 0 Å². The first kappa shape index (κ1) is 32.8. The molecule has 0 heterocycles. The number of nitrogens with one attached hydrogen (secondary N) is 2. The van der Waals surface area contributed by atoms with Crippen molar-refractivity contribution in [2.45, 2.75) is 6.29 Å². The molecule has 6 aromatic rings. The molecule has 0 aliphatic rings. The molecule has 0 aliphatic heterocycles. The van der Waals surface area contributed by atoms with Gasteiger partial charge in [-0.25, -0.2) is 5.06 Å². The van der Waals surface area contributed by atoms with Crippen LogP contribution in [0.2, 0.25) is 0 Å². The Morgan fingerprint density at radius 2 is 1.02 bits per heavy atom. The third-order valence-corrected chi connectivity index (χ3v) is 8.28. The van der Waals surface area contributed by atoms with E-state index < -0.39 is 6.29 Å². The van der Waals surface area contributed by atoms with Crippen LogP contribution < -0.4 is 10.6 Å². The van der Waals surface area contributed by atoms with Crippen molar-refractivity contribution in [3.05, 3.63) is 156 Å². The van der Waals surface area contributed by atoms with Gasteiger partial charge in [-0.1, -0.05) is 78.9 Å². The van der Waals surface area contributed by atoms with E-state index in [9.17, 15) is 24.6 Å². The molecule has 0 atom stereocenters. The smallest absolute Gasteiger partial charge is 0.277 e. The van der Waals surface area contributed by atoms with Gasteiger partial charge in [0.2, 0.25) is 0 Å². The molecule has 3 amide bonds. The first-order chi connectivity index (χ1) is 23.7. The number of carbonyl (C=O) groups is 3. The molecule has 49 heavy (non-hydrogen) atoms. The molecule has 9 nitrogen and oxygen atoms in total. The molecule has 0 radical (unpaired) electrons. The molecular weight excluding hydrogens is 618 g/mol. The van der Waals surface area contributed by atoms with Gasteiger partial charge < -0.3 is 20.8 Å². The Morgan fingerprint density at radius 3 is 1.51 bits per heavy atom. The molecule has 6 rings (SSSR count). The van der Waals surface area contributed by atoms with Crippen LogP contribution in [0.3, 0.4) is 0 Å². The number of aliphatic hydroxyl groups excluding tert-OH is 1. The number of anilines is 2. The Labute approximate surface area is 283 Å². The van der Waals surface area contributed by atoms with E-state index in [1.165, 1.54) is 7.11 Å². The number of hydrogen-bond donors (Lipinski definition) is 4. The van der Waals surface area contributed by atoms with Gasteiger partial charge in [0, 0.05) is 46.1 Å². The lowest BCUT2D eigenvalue weighted by atomic mass is 10.0. The molecule has 244 valence electrons. The average Bonchev–Trinajstić information content (AvgIpc) is 3.14. The molecule has 9 heteroatoms. The van der Waals surface area contributed by atoms with Gasteiger partial charge in [0.15, 0.2) is 6.29 Å². The zero-order chi connectivity index (χ0) is 34.5. The number of aliphatic hydroxyl groups is 2. The lowest BCUT2D eigenvalue weighted by molar-refractivity contribution is -0.0756. The summed E-state index contributed by atoms with van der Waals surface area (Å²) in [5.41, 5.74) is 6.70. The molecule has 0 unspecified atom stereocenters. The van der Waals surface area contributed by atoms with E-state index in [4.69, 9.17) is 4.84 Å². The molecule has 0 bridgehead atoms. The average molecular weight is 652 g/mol. The number of rotatable bonds is 9. The van der Waals surface area contributed by atoms with Gasteiger partial charge >= 0.3 is 0 Å². The summed E-state index contributed by atoms with van der Waals surface area (Å²) in [7, 11) is 2.99. The van der Waals surface area contributed by atoms with Crippen LogP contribution in [0.4, 0.5) is 11.4 Å². The second-order valence-corrected chi connectivity index (χ2v) is 11.3. The lowest BCUT2D eigenvalue weighted by Crippen LogP contribution is -2.25. The van der Waals surface area contributed by atoms with Crippen LogP contribution in [0.15, 0.2) is 133 Å². The summed E-state index contributed by atoms with van der Waals surface area (Å²) >= 11 is 0. The summed E-state index contributed by atoms with van der Waals surface area (Å²) < 4.78 is 0. The monoisotopic (exact) mass is 651 g/mol. The van der Waals surface area contributed by atoms with Gasteiger partial charge in [0.1, 0.15) is 0 Å². The molecule has 0 fully saturated rings. The SMILES string of the molecule is CON(C)C(=O)c1ccc(-c2ccc(C(=O)Nc3ccc(-c4ccc(C(=O)Nc5ccc(C(O)O)c6ccccc56)cc4)cc3)cc2)cc1. The van der Waals surface area contributed by atoms with Crippen LogP contribution in [0.5, 0.6) is 0 Å². The van der Waals surface area contributed by atoms with Crippen LogP contribution in [-0.2, 0) is 4.84 Å². The lowest BCUT2D eigenvalue weighted by Gasteiger charge is -2.14. The predicted octanol–water partition coefficient (Wildman–Crippen LogP) is 7.30. The highest BCUT2D eigenvalue weighted by Crippen LogP contribution is 2.30. The fraction of sp³-hybridized carbons (Fsp3) is 0.0750. The minimum absolute atomic E-state index is 0.242. The topological polar surface area (TPSA) is 128 Å². The number of amides is 3. The molecule has 6 aromatic carbocycles. The number of hydrogen-bond acceptors (Lipinski definition) is 6. The third kappa shape index (κ3) is 7.24. The van der Waals surface area contributed by atoms with Crippen molar-refractivity contribution in [1.82, 2.24) is 5.06 Å². The third-order valence-electron chi connectivity index (χ3n) is 8.28. The summed E-state index contributed by atoms with van der Waals surface area (Å²) in [5.74, 6) is -0.776. The van der Waals surface area contributed by atoms with Gasteiger partial charge in [0.05, 0.1) is 7.11 Å². The van der Waals surface area contributed by atoms with Crippen LogP contribution in [0.25, 0.3) is 33.0 Å². The zero-order valence-electron chi connectivity index (χ0n) is 26.8. The van der Waals surface area contributed by atoms with Gasteiger partial charge in [0.25, 0.3) is 17.7 Å². The van der Waals surface area contributed by atoms with Gasteiger partial charge in [-0.2, -0.15) is 0 Å². The highest BCUT2D eigenvalue weighted by molar-refractivity contribution is 6.10. The van der Waals surface area contributed by atoms with E-state index in [0.29, 0.717) is 44.4 Å². The second-order valence-electron chi connectivity index (χ2n) is 11.3. The maximum Gasteiger partial charge on any atom is 0.277 e. The Hall–Kier alpha value is -6.13. The zero-order valence-corrected chi connectivity index (χ0v) is 26.8. The Balaban J connectivity index is 1.07. The molecule has 4 N–H and O–H groups in total. The normalized spacial score (nSPS) is 11.0. The molecule has 0 spiro atoms. The predicted molar refractivity (Wildman–Crippen MR) is 190 cm³/mol. The van der Waals surface area contributed by atoms with Crippen molar-refractivity contribution in [2.24, 2.45) is 0 Å². The minimum atomic E-state index is -1.62. The van der Waals surface area contributed by atoms with E-state index in [1.54, 1.807) is 67.7 Å². The second kappa shape index (κ2) is 14.3. The van der Waals surface area contributed by atoms with Gasteiger partial charge in [-0.3, -0.25) is 19.2 Å². The Bertz CT molecular complexity index is 2130. The summed E-state index contributed by atoms with van der Waals surface area (Å²) in [4.78, 5) is 43.2. The van der Waals surface area contributed by atoms with E-state index in [0.717, 1.165) is 27.3 Å². The summed E-state index contributed by atoms with van der Waals surface area (Å²) in [5, 5.41) is 27.8. The van der Waals surface area contributed by atoms with Gasteiger partial charge in [-0.15, -0.1) is 0 Å². The summed E-state index contributed by atoms with van der Waals surface area (Å²) in [6, 6.07) is 39.5. The summed E-state index contributed by atoms with van der Waals surface area (Å²) in [6.45, 7) is 0. The maximum atomic E-state index is 13.1. The van der Waals surface area contributed by atoms with Gasteiger partial charge in [-0.05, 0) is 82.2 Å². The maximum absolute atomic E-state index is 13.1. The summed E-state index contributed by atoms with van der Waals surface area (Å²) in [6.07, 6.45) is -1.62. The van der Waals surface area contributed by atoms with Crippen molar-refractivity contribution < 1.29 is 29.4 Å². The number of nitrogens with zero attached hydrogens (tertiary/aromatic N) is 1. The molecule has 0 saturated carbocycles. The Kier molecular flexibility index (Phi) is 9.59. The standard InChI is InChI=1S/C40H33N3O6/c1-43(49-2)39(46)31-17-11-27(12-18-31)25-7-13-29(14-8-25)37(44)41-32-21-19-28(20-22-32)26-9-15-30(16-10-26)38(45)42-36-24-23-35(40(47)48)33-5-3-4-6-34(33)36/h3-24,40,47-48H,1-2H3,(H,41,44)(H,42,45). The van der Waals surface area contributed by atoms with E-state index in [-0.39, 0.29) is 17.7 Å². The van der Waals surface area contributed by atoms with Crippen molar-refractivity contribution in [1.29, 1.82) is 0 Å². The molecule has 0 saturated heterocycles.